The number of rotatable bonds is 7. The van der Waals surface area contributed by atoms with Gasteiger partial charge in [-0.2, -0.15) is 5.26 Å². The summed E-state index contributed by atoms with van der Waals surface area (Å²) in [4.78, 5) is 8.61. The molecule has 0 saturated heterocycles. The third-order valence-corrected chi connectivity index (χ3v) is 6.02. The number of hydrogen-bond acceptors (Lipinski definition) is 3. The average molecular weight is 542 g/mol. The van der Waals surface area contributed by atoms with Crippen molar-refractivity contribution in [3.8, 4) is 6.07 Å². The van der Waals surface area contributed by atoms with Gasteiger partial charge < -0.3 is 15.2 Å². The Balaban J connectivity index is 1.72. The molecule has 1 aromatic heterocycles. The van der Waals surface area contributed by atoms with Gasteiger partial charge in [0.15, 0.2) is 5.96 Å². The molecule has 0 aliphatic carbocycles. The zero-order chi connectivity index (χ0) is 25.5. The quantitative estimate of drug-likeness (QED) is 0.153. The van der Waals surface area contributed by atoms with Crippen molar-refractivity contribution in [1.82, 2.24) is 14.9 Å². The minimum Gasteiger partial charge on any atom is -0.332 e. The summed E-state index contributed by atoms with van der Waals surface area (Å²) in [7, 11) is 0. The number of imidazole rings is 1. The second kappa shape index (κ2) is 11.4. The molecule has 4 rings (SSSR count). The number of halogens is 4. The SMILES string of the molecule is N#Cc1cccc(C/N=C(\Nc2ccc(Cl)cc2)NC(F)(Cn2ccnc2)c2ccc(Cl)cc2Cl)c1. The normalized spacial score (nSPS) is 13.0. The minimum absolute atomic E-state index is 0.147. The molecule has 3 aromatic carbocycles. The molecule has 1 atom stereocenters. The number of aliphatic imine (C=N–C) groups is 1. The van der Waals surface area contributed by atoms with Crippen LogP contribution in [0.5, 0.6) is 0 Å². The van der Waals surface area contributed by atoms with Crippen LogP contribution in [0.3, 0.4) is 0 Å². The highest BCUT2D eigenvalue weighted by atomic mass is 35.5. The fourth-order valence-electron chi connectivity index (χ4n) is 3.51. The number of nitriles is 1. The number of aromatic nitrogens is 2. The van der Waals surface area contributed by atoms with Gasteiger partial charge in [-0.25, -0.2) is 14.4 Å². The highest BCUT2D eigenvalue weighted by Crippen LogP contribution is 2.33. The van der Waals surface area contributed by atoms with Crippen LogP contribution in [0.4, 0.5) is 10.1 Å². The lowest BCUT2D eigenvalue weighted by atomic mass is 10.0. The lowest BCUT2D eigenvalue weighted by Crippen LogP contribution is -2.48. The average Bonchev–Trinajstić information content (AvgIpc) is 3.36. The highest BCUT2D eigenvalue weighted by Gasteiger charge is 2.36. The first-order valence-electron chi connectivity index (χ1n) is 10.8. The largest absolute Gasteiger partial charge is 0.332 e. The molecule has 0 saturated carbocycles. The van der Waals surface area contributed by atoms with Crippen molar-refractivity contribution < 1.29 is 4.39 Å². The van der Waals surface area contributed by atoms with Gasteiger partial charge in [0, 0.05) is 33.7 Å². The number of guanidine groups is 1. The van der Waals surface area contributed by atoms with E-state index in [0.29, 0.717) is 21.3 Å². The van der Waals surface area contributed by atoms with E-state index in [-0.39, 0.29) is 29.6 Å². The fourth-order valence-corrected chi connectivity index (χ4v) is 4.20. The minimum atomic E-state index is -2.20. The molecule has 1 heterocycles. The van der Waals surface area contributed by atoms with E-state index in [1.54, 1.807) is 65.5 Å². The van der Waals surface area contributed by atoms with Gasteiger partial charge in [-0.1, -0.05) is 53.0 Å². The number of anilines is 1. The molecule has 2 N–H and O–H groups in total. The third kappa shape index (κ3) is 6.55. The monoisotopic (exact) mass is 540 g/mol. The van der Waals surface area contributed by atoms with E-state index < -0.39 is 5.79 Å². The van der Waals surface area contributed by atoms with Crippen molar-refractivity contribution in [2.75, 3.05) is 5.32 Å². The summed E-state index contributed by atoms with van der Waals surface area (Å²) in [6.07, 6.45) is 4.72. The second-order valence-electron chi connectivity index (χ2n) is 7.89. The van der Waals surface area contributed by atoms with Gasteiger partial charge in [-0.15, -0.1) is 0 Å². The molecule has 0 bridgehead atoms. The summed E-state index contributed by atoms with van der Waals surface area (Å²) in [5, 5.41) is 16.3. The number of hydrogen-bond donors (Lipinski definition) is 2. The lowest BCUT2D eigenvalue weighted by molar-refractivity contribution is 0.116. The molecule has 36 heavy (non-hydrogen) atoms. The molecule has 10 heteroatoms. The molecule has 6 nitrogen and oxygen atoms in total. The standard InChI is InChI=1S/C26H20Cl3FN6/c27-20-4-7-22(8-5-20)34-25(33-15-19-3-1-2-18(12-19)14-31)35-26(30,16-36-11-10-32-17-36)23-9-6-21(28)13-24(23)29/h1-13,17H,15-16H2,(H2,33,34,35). The predicted molar refractivity (Wildman–Crippen MR) is 142 cm³/mol. The van der Waals surface area contributed by atoms with Crippen LogP contribution in [0, 0.1) is 11.3 Å². The Morgan fingerprint density at radius 3 is 2.53 bits per heavy atom. The smallest absolute Gasteiger partial charge is 0.227 e. The summed E-state index contributed by atoms with van der Waals surface area (Å²) in [6.45, 7) is 0.0353. The van der Waals surface area contributed by atoms with Crippen LogP contribution in [-0.4, -0.2) is 15.5 Å². The highest BCUT2D eigenvalue weighted by molar-refractivity contribution is 6.35. The Hall–Kier alpha value is -3.57. The first kappa shape index (κ1) is 25.5. The van der Waals surface area contributed by atoms with Crippen molar-refractivity contribution in [2.45, 2.75) is 18.9 Å². The van der Waals surface area contributed by atoms with E-state index in [1.165, 1.54) is 18.5 Å². The second-order valence-corrected chi connectivity index (χ2v) is 9.17. The Morgan fingerprint density at radius 2 is 1.83 bits per heavy atom. The molecule has 1 unspecified atom stereocenters. The maximum atomic E-state index is 16.9. The van der Waals surface area contributed by atoms with E-state index in [1.807, 2.05) is 6.07 Å². The first-order chi connectivity index (χ1) is 17.3. The van der Waals surface area contributed by atoms with Crippen LogP contribution < -0.4 is 10.6 Å². The van der Waals surface area contributed by atoms with Crippen LogP contribution in [-0.2, 0) is 18.9 Å². The Labute approximate surface area is 223 Å². The predicted octanol–water partition coefficient (Wildman–Crippen LogP) is 6.80. The molecular weight excluding hydrogens is 522 g/mol. The number of alkyl halides is 1. The summed E-state index contributed by atoms with van der Waals surface area (Å²) >= 11 is 18.5. The van der Waals surface area contributed by atoms with E-state index in [2.05, 4.69) is 26.7 Å². The van der Waals surface area contributed by atoms with Crippen molar-refractivity contribution in [2.24, 2.45) is 4.99 Å². The molecule has 0 spiro atoms. The summed E-state index contributed by atoms with van der Waals surface area (Å²) < 4.78 is 18.5. The van der Waals surface area contributed by atoms with Crippen molar-refractivity contribution in [1.29, 1.82) is 5.26 Å². The molecule has 0 aliphatic rings. The maximum Gasteiger partial charge on any atom is 0.227 e. The van der Waals surface area contributed by atoms with E-state index in [4.69, 9.17) is 34.8 Å². The zero-order valence-electron chi connectivity index (χ0n) is 18.8. The van der Waals surface area contributed by atoms with Crippen LogP contribution in [0.1, 0.15) is 16.7 Å². The van der Waals surface area contributed by atoms with Crippen molar-refractivity contribution in [3.05, 3.63) is 117 Å². The first-order valence-corrected chi connectivity index (χ1v) is 11.9. The number of nitrogens with one attached hydrogen (secondary N) is 2. The van der Waals surface area contributed by atoms with Gasteiger partial charge in [-0.3, -0.25) is 0 Å². The topological polar surface area (TPSA) is 78.0 Å². The van der Waals surface area contributed by atoms with Gasteiger partial charge in [0.2, 0.25) is 5.79 Å². The number of nitrogens with zero attached hydrogens (tertiary/aromatic N) is 4. The van der Waals surface area contributed by atoms with Crippen molar-refractivity contribution in [3.63, 3.8) is 0 Å². The Kier molecular flexibility index (Phi) is 8.11. The van der Waals surface area contributed by atoms with Crippen LogP contribution in [0.25, 0.3) is 0 Å². The van der Waals surface area contributed by atoms with E-state index in [0.717, 1.165) is 5.56 Å². The number of benzene rings is 3. The maximum absolute atomic E-state index is 16.9. The summed E-state index contributed by atoms with van der Waals surface area (Å²) in [6, 6.07) is 20.7. The lowest BCUT2D eigenvalue weighted by Gasteiger charge is -2.30. The molecule has 4 aromatic rings. The molecule has 0 radical (unpaired) electrons. The zero-order valence-corrected chi connectivity index (χ0v) is 21.1. The summed E-state index contributed by atoms with van der Waals surface area (Å²) in [5.41, 5.74) is 2.12. The fraction of sp³-hybridized carbons (Fsp3) is 0.115. The van der Waals surface area contributed by atoms with Gasteiger partial charge >= 0.3 is 0 Å². The molecule has 182 valence electrons. The van der Waals surface area contributed by atoms with E-state index in [9.17, 15) is 5.26 Å². The molecule has 0 fully saturated rings. The molecule has 0 amide bonds. The van der Waals surface area contributed by atoms with Crippen LogP contribution in [0.2, 0.25) is 15.1 Å². The van der Waals surface area contributed by atoms with Gasteiger partial charge in [0.25, 0.3) is 0 Å². The van der Waals surface area contributed by atoms with Gasteiger partial charge in [-0.05, 0) is 54.1 Å². The molecule has 0 aliphatic heterocycles. The third-order valence-electron chi connectivity index (χ3n) is 5.22. The Bertz CT molecular complexity index is 1400. The Morgan fingerprint density at radius 1 is 1.06 bits per heavy atom. The van der Waals surface area contributed by atoms with Gasteiger partial charge in [0.05, 0.1) is 36.1 Å². The van der Waals surface area contributed by atoms with Crippen molar-refractivity contribution >= 4 is 46.4 Å². The van der Waals surface area contributed by atoms with Crippen LogP contribution in [0.15, 0.2) is 90.4 Å². The molecular formula is C26H20Cl3FN6. The summed E-state index contributed by atoms with van der Waals surface area (Å²) in [5.74, 6) is -2.05. The van der Waals surface area contributed by atoms with Crippen LogP contribution >= 0.6 is 34.8 Å². The van der Waals surface area contributed by atoms with Gasteiger partial charge in [0.1, 0.15) is 0 Å². The van der Waals surface area contributed by atoms with E-state index >= 15 is 4.39 Å².